The highest BCUT2D eigenvalue weighted by atomic mass is 32.2. The Balaban J connectivity index is 1.71. The number of anilines is 1. The van der Waals surface area contributed by atoms with Crippen LogP contribution in [0, 0.1) is 11.3 Å². The van der Waals surface area contributed by atoms with Crippen molar-refractivity contribution in [2.24, 2.45) is 11.1 Å². The molecule has 0 unspecified atom stereocenters. The van der Waals surface area contributed by atoms with Crippen LogP contribution in [0.3, 0.4) is 0 Å². The SMILES string of the molecule is CCOC(=O)c1csc(N/C(=C(/Oc2ccc(S(N)(=O)=O)cc2)C(=N)c2ccccc2)C2CC2)n1. The number of esters is 1. The Labute approximate surface area is 207 Å². The molecule has 35 heavy (non-hydrogen) atoms. The molecule has 182 valence electrons. The molecule has 0 saturated heterocycles. The highest BCUT2D eigenvalue weighted by molar-refractivity contribution is 7.89. The molecule has 4 rings (SSSR count). The second-order valence-electron chi connectivity index (χ2n) is 7.76. The summed E-state index contributed by atoms with van der Waals surface area (Å²) in [7, 11) is -3.84. The van der Waals surface area contributed by atoms with Crippen molar-refractivity contribution < 1.29 is 22.7 Å². The average Bonchev–Trinajstić information content (AvgIpc) is 3.58. The first-order valence-electron chi connectivity index (χ1n) is 10.8. The van der Waals surface area contributed by atoms with E-state index >= 15 is 0 Å². The molecule has 1 saturated carbocycles. The van der Waals surface area contributed by atoms with Crippen LogP contribution in [0.5, 0.6) is 5.75 Å². The number of nitrogens with one attached hydrogen (secondary N) is 2. The highest BCUT2D eigenvalue weighted by Gasteiger charge is 2.32. The summed E-state index contributed by atoms with van der Waals surface area (Å²) in [4.78, 5) is 16.3. The van der Waals surface area contributed by atoms with Crippen molar-refractivity contribution in [1.82, 2.24) is 4.98 Å². The van der Waals surface area contributed by atoms with E-state index in [1.165, 1.54) is 35.6 Å². The fourth-order valence-corrected chi connectivity index (χ4v) is 4.46. The third kappa shape index (κ3) is 6.13. The van der Waals surface area contributed by atoms with Gasteiger partial charge in [0.15, 0.2) is 16.6 Å². The zero-order valence-corrected chi connectivity index (χ0v) is 20.5. The maximum Gasteiger partial charge on any atom is 0.357 e. The fourth-order valence-electron chi connectivity index (χ4n) is 3.25. The van der Waals surface area contributed by atoms with Gasteiger partial charge in [-0.05, 0) is 44.0 Å². The number of hydrogen-bond acceptors (Lipinski definition) is 9. The van der Waals surface area contributed by atoms with Gasteiger partial charge in [-0.25, -0.2) is 23.3 Å². The molecule has 0 atom stereocenters. The molecule has 0 radical (unpaired) electrons. The normalized spacial score (nSPS) is 14.1. The van der Waals surface area contributed by atoms with Gasteiger partial charge < -0.3 is 14.8 Å². The highest BCUT2D eigenvalue weighted by Crippen LogP contribution is 2.40. The lowest BCUT2D eigenvalue weighted by Gasteiger charge is -2.18. The van der Waals surface area contributed by atoms with Gasteiger partial charge in [-0.1, -0.05) is 30.3 Å². The number of carbonyl (C=O) groups excluding carboxylic acids is 1. The molecule has 1 aromatic heterocycles. The van der Waals surface area contributed by atoms with Crippen molar-refractivity contribution in [3.05, 3.63) is 82.7 Å². The van der Waals surface area contributed by atoms with Crippen molar-refractivity contribution >= 4 is 38.2 Å². The van der Waals surface area contributed by atoms with Crippen molar-refractivity contribution in [1.29, 1.82) is 5.41 Å². The molecule has 1 aliphatic carbocycles. The molecule has 4 N–H and O–H groups in total. The Morgan fingerprint density at radius 1 is 1.17 bits per heavy atom. The van der Waals surface area contributed by atoms with Crippen LogP contribution in [0.2, 0.25) is 0 Å². The third-order valence-electron chi connectivity index (χ3n) is 5.12. The predicted molar refractivity (Wildman–Crippen MR) is 133 cm³/mol. The van der Waals surface area contributed by atoms with Gasteiger partial charge in [-0.15, -0.1) is 11.3 Å². The predicted octanol–water partition coefficient (Wildman–Crippen LogP) is 4.15. The largest absolute Gasteiger partial charge is 0.461 e. The maximum atomic E-state index is 12.0. The van der Waals surface area contributed by atoms with Crippen LogP contribution >= 0.6 is 11.3 Å². The zero-order valence-electron chi connectivity index (χ0n) is 18.9. The Bertz CT molecular complexity index is 1360. The molecule has 2 aromatic carbocycles. The van der Waals surface area contributed by atoms with Crippen molar-refractivity contribution in [2.45, 2.75) is 24.7 Å². The number of rotatable bonds is 10. The first-order valence-corrected chi connectivity index (χ1v) is 13.3. The number of nitrogens with two attached hydrogens (primary N) is 1. The van der Waals surface area contributed by atoms with E-state index in [0.29, 0.717) is 22.1 Å². The molecule has 1 fully saturated rings. The van der Waals surface area contributed by atoms with Gasteiger partial charge in [0.1, 0.15) is 11.5 Å². The summed E-state index contributed by atoms with van der Waals surface area (Å²) in [5, 5.41) is 19.4. The van der Waals surface area contributed by atoms with Crippen LogP contribution in [-0.2, 0) is 14.8 Å². The van der Waals surface area contributed by atoms with Crippen molar-refractivity contribution in [2.75, 3.05) is 11.9 Å². The van der Waals surface area contributed by atoms with E-state index in [-0.39, 0.29) is 34.6 Å². The Morgan fingerprint density at radius 3 is 2.46 bits per heavy atom. The number of carbonyl (C=O) groups is 1. The van der Waals surface area contributed by atoms with Crippen molar-refractivity contribution in [3.8, 4) is 5.75 Å². The Morgan fingerprint density at radius 2 is 1.86 bits per heavy atom. The lowest BCUT2D eigenvalue weighted by molar-refractivity contribution is 0.0520. The number of allylic oxidation sites excluding steroid dienone is 2. The van der Waals surface area contributed by atoms with Crippen molar-refractivity contribution in [3.63, 3.8) is 0 Å². The molecule has 0 aliphatic heterocycles. The van der Waals surface area contributed by atoms with Gasteiger partial charge in [0, 0.05) is 16.9 Å². The summed E-state index contributed by atoms with van der Waals surface area (Å²) in [5.41, 5.74) is 1.67. The van der Waals surface area contributed by atoms with E-state index in [0.717, 1.165) is 12.8 Å². The second kappa shape index (κ2) is 10.4. The van der Waals surface area contributed by atoms with Crippen LogP contribution in [0.25, 0.3) is 0 Å². The van der Waals surface area contributed by atoms with Gasteiger partial charge in [-0.3, -0.25) is 5.41 Å². The molecule has 11 heteroatoms. The van der Waals surface area contributed by atoms with E-state index < -0.39 is 16.0 Å². The van der Waals surface area contributed by atoms with Gasteiger partial charge in [-0.2, -0.15) is 0 Å². The van der Waals surface area contributed by atoms with Crippen LogP contribution in [0.1, 0.15) is 35.8 Å². The number of ether oxygens (including phenoxy) is 2. The first-order chi connectivity index (χ1) is 16.8. The quantitative estimate of drug-likeness (QED) is 0.210. The van der Waals surface area contributed by atoms with E-state index in [4.69, 9.17) is 20.0 Å². The Kier molecular flexibility index (Phi) is 7.29. The number of sulfonamides is 1. The van der Waals surface area contributed by atoms with Gasteiger partial charge in [0.25, 0.3) is 0 Å². The summed E-state index contributed by atoms with van der Waals surface area (Å²) < 4.78 is 34.4. The number of aromatic nitrogens is 1. The number of hydrogen-bond donors (Lipinski definition) is 3. The van der Waals surface area contributed by atoms with Crippen LogP contribution in [-0.4, -0.2) is 31.7 Å². The number of nitrogens with zero attached hydrogens (tertiary/aromatic N) is 1. The molecular formula is C24H24N4O5S2. The van der Waals surface area contributed by atoms with Gasteiger partial charge >= 0.3 is 5.97 Å². The minimum Gasteiger partial charge on any atom is -0.461 e. The maximum absolute atomic E-state index is 12.0. The summed E-state index contributed by atoms with van der Waals surface area (Å²) in [6.07, 6.45) is 1.80. The standard InChI is InChI=1S/C24H24N4O5S2/c1-2-32-23(29)19-14-34-24(27-19)28-21(16-8-9-16)22(20(25)15-6-4-3-5-7-15)33-17-10-12-18(13-11-17)35(26,30)31/h3-7,10-14,16,25H,2,8-9H2,1H3,(H,27,28)(H2,26,30,31)/b22-21+,25-20?. The fraction of sp³-hybridized carbons (Fsp3) is 0.208. The lowest BCUT2D eigenvalue weighted by Crippen LogP contribution is -2.18. The van der Waals surface area contributed by atoms with E-state index in [1.807, 2.05) is 30.3 Å². The lowest BCUT2D eigenvalue weighted by atomic mass is 10.1. The number of primary sulfonamides is 1. The molecule has 1 heterocycles. The average molecular weight is 513 g/mol. The zero-order chi connectivity index (χ0) is 25.0. The monoisotopic (exact) mass is 512 g/mol. The van der Waals surface area contributed by atoms with Crippen LogP contribution in [0.4, 0.5) is 5.13 Å². The minimum absolute atomic E-state index is 0.0386. The summed E-state index contributed by atoms with van der Waals surface area (Å²) in [6.45, 7) is 1.98. The molecule has 3 aromatic rings. The molecule has 0 amide bonds. The smallest absolute Gasteiger partial charge is 0.357 e. The molecule has 0 spiro atoms. The van der Waals surface area contributed by atoms with Crippen LogP contribution < -0.4 is 15.2 Å². The summed E-state index contributed by atoms with van der Waals surface area (Å²) in [6, 6.07) is 14.8. The second-order valence-corrected chi connectivity index (χ2v) is 10.2. The molecule has 9 nitrogen and oxygen atoms in total. The summed E-state index contributed by atoms with van der Waals surface area (Å²) >= 11 is 1.25. The number of thiazole rings is 1. The molecule has 0 bridgehead atoms. The molecule has 1 aliphatic rings. The van der Waals surface area contributed by atoms with Crippen LogP contribution in [0.15, 0.2) is 76.3 Å². The number of benzene rings is 2. The van der Waals surface area contributed by atoms with Gasteiger partial charge in [0.2, 0.25) is 10.0 Å². The van der Waals surface area contributed by atoms with E-state index in [2.05, 4.69) is 10.3 Å². The minimum atomic E-state index is -3.84. The Hall–Kier alpha value is -3.54. The third-order valence-corrected chi connectivity index (χ3v) is 6.81. The van der Waals surface area contributed by atoms with Gasteiger partial charge in [0.05, 0.1) is 17.2 Å². The first kappa shape index (κ1) is 24.6. The summed E-state index contributed by atoms with van der Waals surface area (Å²) in [5.74, 6) is 0.249. The molecular weight excluding hydrogens is 488 g/mol. The topological polar surface area (TPSA) is 144 Å². The van der Waals surface area contributed by atoms with E-state index in [9.17, 15) is 13.2 Å². The van der Waals surface area contributed by atoms with E-state index in [1.54, 1.807) is 12.3 Å².